The summed E-state index contributed by atoms with van der Waals surface area (Å²) in [6.45, 7) is 1.90. The van der Waals surface area contributed by atoms with Gasteiger partial charge >= 0.3 is 0 Å². The topological polar surface area (TPSA) is 59.1 Å². The van der Waals surface area contributed by atoms with Crippen LogP contribution in [-0.2, 0) is 12.8 Å². The third-order valence-electron chi connectivity index (χ3n) is 3.81. The predicted molar refractivity (Wildman–Crippen MR) is 84.1 cm³/mol. The molecule has 2 aromatic rings. The van der Waals surface area contributed by atoms with Crippen molar-refractivity contribution < 1.29 is 4.74 Å². The lowest BCUT2D eigenvalue weighted by atomic mass is 10.1. The number of anilines is 2. The second-order valence-electron chi connectivity index (χ2n) is 5.28. The van der Waals surface area contributed by atoms with E-state index >= 15 is 0 Å². The number of rotatable bonds is 4. The molecule has 1 atom stereocenters. The summed E-state index contributed by atoms with van der Waals surface area (Å²) in [4.78, 5) is 8.77. The van der Waals surface area contributed by atoms with Crippen LogP contribution in [0.15, 0.2) is 24.3 Å². The Bertz CT molecular complexity index is 657. The summed E-state index contributed by atoms with van der Waals surface area (Å²) in [6, 6.07) is 8.52. The van der Waals surface area contributed by atoms with E-state index < -0.39 is 0 Å². The molecule has 1 aromatic carbocycles. The van der Waals surface area contributed by atoms with Crippen molar-refractivity contribution in [3.63, 3.8) is 0 Å². The van der Waals surface area contributed by atoms with Gasteiger partial charge in [-0.15, -0.1) is 0 Å². The van der Waals surface area contributed by atoms with Gasteiger partial charge in [0.2, 0.25) is 0 Å². The molecule has 0 bridgehead atoms. The fraction of sp³-hybridized carbons (Fsp3) is 0.375. The van der Waals surface area contributed by atoms with Gasteiger partial charge in [0.05, 0.1) is 7.11 Å². The van der Waals surface area contributed by atoms with E-state index in [2.05, 4.69) is 26.7 Å². The number of methoxy groups -OCH3 is 1. The minimum absolute atomic E-state index is 0.343. The van der Waals surface area contributed by atoms with Crippen molar-refractivity contribution >= 4 is 11.6 Å². The highest BCUT2D eigenvalue weighted by atomic mass is 16.5. The number of fused-ring (bicyclic) bond motifs is 1. The van der Waals surface area contributed by atoms with Crippen LogP contribution >= 0.6 is 0 Å². The average molecular weight is 284 g/mol. The van der Waals surface area contributed by atoms with Gasteiger partial charge in [0.1, 0.15) is 23.2 Å². The smallest absolute Gasteiger partial charge is 0.132 e. The van der Waals surface area contributed by atoms with Crippen molar-refractivity contribution in [1.82, 2.24) is 9.97 Å². The molecular weight excluding hydrogens is 264 g/mol. The molecule has 5 heteroatoms. The lowest BCUT2D eigenvalue weighted by Gasteiger charge is -2.14. The number of ether oxygens (including phenoxy) is 1. The first kappa shape index (κ1) is 13.7. The molecule has 1 unspecified atom stereocenters. The van der Waals surface area contributed by atoms with Gasteiger partial charge < -0.3 is 15.4 Å². The highest BCUT2D eigenvalue weighted by Gasteiger charge is 2.24. The first-order chi connectivity index (χ1) is 10.2. The maximum atomic E-state index is 5.45. The van der Waals surface area contributed by atoms with Crippen molar-refractivity contribution in [2.45, 2.75) is 25.8 Å². The summed E-state index contributed by atoms with van der Waals surface area (Å²) in [5, 5.41) is 6.57. The van der Waals surface area contributed by atoms with E-state index in [1.54, 1.807) is 7.11 Å². The molecule has 0 spiro atoms. The van der Waals surface area contributed by atoms with Crippen molar-refractivity contribution in [3.8, 4) is 5.75 Å². The maximum absolute atomic E-state index is 5.45. The van der Waals surface area contributed by atoms with Crippen LogP contribution in [0.2, 0.25) is 0 Å². The Morgan fingerprint density at radius 3 is 2.76 bits per heavy atom. The summed E-state index contributed by atoms with van der Waals surface area (Å²) in [5.41, 5.74) is 2.66. The molecule has 5 nitrogen and oxygen atoms in total. The molecule has 21 heavy (non-hydrogen) atoms. The van der Waals surface area contributed by atoms with Crippen LogP contribution in [-0.4, -0.2) is 30.2 Å². The third-order valence-corrected chi connectivity index (χ3v) is 3.81. The van der Waals surface area contributed by atoms with Crippen LogP contribution in [0.5, 0.6) is 5.75 Å². The van der Waals surface area contributed by atoms with Crippen molar-refractivity contribution in [2.24, 2.45) is 0 Å². The Labute approximate surface area is 124 Å². The Hall–Kier alpha value is -2.30. The van der Waals surface area contributed by atoms with Crippen LogP contribution in [0.3, 0.4) is 0 Å². The largest absolute Gasteiger partial charge is 0.496 e. The molecule has 1 heterocycles. The van der Waals surface area contributed by atoms with Gasteiger partial charge in [-0.05, 0) is 37.0 Å². The molecule has 3 rings (SSSR count). The van der Waals surface area contributed by atoms with Gasteiger partial charge in [-0.2, -0.15) is 0 Å². The maximum Gasteiger partial charge on any atom is 0.132 e. The van der Waals surface area contributed by atoms with E-state index in [9.17, 15) is 0 Å². The van der Waals surface area contributed by atoms with Gasteiger partial charge in [0.25, 0.3) is 0 Å². The van der Waals surface area contributed by atoms with Gasteiger partial charge in [-0.3, -0.25) is 0 Å². The van der Waals surface area contributed by atoms with Gasteiger partial charge in [0.15, 0.2) is 0 Å². The monoisotopic (exact) mass is 284 g/mol. The molecule has 0 saturated carbocycles. The lowest BCUT2D eigenvalue weighted by Crippen LogP contribution is -2.20. The molecule has 0 aliphatic heterocycles. The molecular formula is C16H20N4O. The third kappa shape index (κ3) is 2.77. The molecule has 1 aromatic heterocycles. The molecule has 1 aliphatic carbocycles. The molecule has 0 amide bonds. The van der Waals surface area contributed by atoms with E-state index in [-0.39, 0.29) is 0 Å². The lowest BCUT2D eigenvalue weighted by molar-refractivity contribution is 0.410. The highest BCUT2D eigenvalue weighted by Crippen LogP contribution is 2.31. The Morgan fingerprint density at radius 1 is 1.19 bits per heavy atom. The fourth-order valence-electron chi connectivity index (χ4n) is 2.89. The van der Waals surface area contributed by atoms with E-state index in [4.69, 9.17) is 4.74 Å². The molecule has 110 valence electrons. The van der Waals surface area contributed by atoms with Crippen molar-refractivity contribution in [1.29, 1.82) is 0 Å². The number of benzene rings is 1. The molecule has 1 aliphatic rings. The number of aromatic nitrogens is 2. The van der Waals surface area contributed by atoms with Crippen molar-refractivity contribution in [2.75, 3.05) is 24.8 Å². The fourth-order valence-corrected chi connectivity index (χ4v) is 2.89. The average Bonchev–Trinajstić information content (AvgIpc) is 2.88. The van der Waals surface area contributed by atoms with Crippen molar-refractivity contribution in [3.05, 3.63) is 41.2 Å². The van der Waals surface area contributed by atoms with Gasteiger partial charge in [-0.1, -0.05) is 12.1 Å². The SMILES string of the molecule is CNc1cc(NC2Cc3cccc(OC)c3C2)nc(C)n1. The zero-order valence-corrected chi connectivity index (χ0v) is 12.6. The number of nitrogens with zero attached hydrogens (tertiary/aromatic N) is 2. The molecule has 0 radical (unpaired) electrons. The van der Waals surface area contributed by atoms with Gasteiger partial charge in [-0.25, -0.2) is 9.97 Å². The summed E-state index contributed by atoms with van der Waals surface area (Å²) < 4.78 is 5.45. The minimum atomic E-state index is 0.343. The van der Waals surface area contributed by atoms with E-state index in [0.717, 1.165) is 36.1 Å². The van der Waals surface area contributed by atoms with Crippen LogP contribution < -0.4 is 15.4 Å². The van der Waals surface area contributed by atoms with E-state index in [1.165, 1.54) is 11.1 Å². The normalized spacial score (nSPS) is 16.4. The van der Waals surface area contributed by atoms with Crippen LogP contribution in [0, 0.1) is 6.92 Å². The zero-order chi connectivity index (χ0) is 14.8. The second-order valence-corrected chi connectivity index (χ2v) is 5.28. The van der Waals surface area contributed by atoms with Crippen LogP contribution in [0.1, 0.15) is 17.0 Å². The Kier molecular flexibility index (Phi) is 3.64. The standard InChI is InChI=1S/C16H20N4O/c1-10-18-15(17-2)9-16(19-10)20-12-7-11-5-4-6-14(21-3)13(11)8-12/h4-6,9,12H,7-8H2,1-3H3,(H2,17,18,19,20). The number of aryl methyl sites for hydroxylation is 1. The summed E-state index contributed by atoms with van der Waals surface area (Å²) in [5.74, 6) is 3.44. The summed E-state index contributed by atoms with van der Waals surface area (Å²) in [6.07, 6.45) is 1.95. The molecule has 2 N–H and O–H groups in total. The minimum Gasteiger partial charge on any atom is -0.496 e. The molecule has 0 fully saturated rings. The van der Waals surface area contributed by atoms with Crippen LogP contribution in [0.25, 0.3) is 0 Å². The Morgan fingerprint density at radius 2 is 2.00 bits per heavy atom. The van der Waals surface area contributed by atoms with Crippen LogP contribution in [0.4, 0.5) is 11.6 Å². The first-order valence-electron chi connectivity index (χ1n) is 7.14. The first-order valence-corrected chi connectivity index (χ1v) is 7.14. The second kappa shape index (κ2) is 5.60. The summed E-state index contributed by atoms with van der Waals surface area (Å²) in [7, 11) is 3.59. The molecule has 0 saturated heterocycles. The van der Waals surface area contributed by atoms with E-state index in [0.29, 0.717) is 6.04 Å². The zero-order valence-electron chi connectivity index (χ0n) is 12.6. The predicted octanol–water partition coefficient (Wildman–Crippen LogP) is 2.41. The number of hydrogen-bond acceptors (Lipinski definition) is 5. The number of hydrogen-bond donors (Lipinski definition) is 2. The van der Waals surface area contributed by atoms with E-state index in [1.807, 2.05) is 32.2 Å². The van der Waals surface area contributed by atoms with Gasteiger partial charge in [0, 0.05) is 19.2 Å². The number of nitrogens with one attached hydrogen (secondary N) is 2. The summed E-state index contributed by atoms with van der Waals surface area (Å²) >= 11 is 0. The quantitative estimate of drug-likeness (QED) is 0.903. The Balaban J connectivity index is 1.78. The highest BCUT2D eigenvalue weighted by molar-refractivity contribution is 5.51.